The summed E-state index contributed by atoms with van der Waals surface area (Å²) < 4.78 is 26.9. The standard InChI is InChI=1S/C11H15N5O2S/c1-2-5-12-11-10(4-3-6-13-11)19(17,18)16-9-7-14-15-8-9/h3-4,6-8,16H,2,5H2,1H3,(H,12,13)(H,14,15). The number of anilines is 2. The largest absolute Gasteiger partial charge is 0.369 e. The van der Waals surface area contributed by atoms with E-state index in [2.05, 4.69) is 25.2 Å². The van der Waals surface area contributed by atoms with E-state index in [0.29, 0.717) is 18.1 Å². The van der Waals surface area contributed by atoms with Crippen LogP contribution in [0.2, 0.25) is 0 Å². The average molecular weight is 281 g/mol. The van der Waals surface area contributed by atoms with Crippen LogP contribution in [0.3, 0.4) is 0 Å². The molecular weight excluding hydrogens is 266 g/mol. The summed E-state index contributed by atoms with van der Waals surface area (Å²) >= 11 is 0. The van der Waals surface area contributed by atoms with Gasteiger partial charge in [0.2, 0.25) is 0 Å². The second-order valence-electron chi connectivity index (χ2n) is 3.87. The highest BCUT2D eigenvalue weighted by atomic mass is 32.2. The van der Waals surface area contributed by atoms with E-state index < -0.39 is 10.0 Å². The maximum absolute atomic E-state index is 12.3. The molecule has 0 spiro atoms. The molecule has 8 heteroatoms. The number of hydrogen-bond acceptors (Lipinski definition) is 5. The maximum Gasteiger partial charge on any atom is 0.265 e. The molecule has 0 radical (unpaired) electrons. The van der Waals surface area contributed by atoms with Crippen LogP contribution >= 0.6 is 0 Å². The minimum absolute atomic E-state index is 0.115. The number of nitrogens with zero attached hydrogens (tertiary/aromatic N) is 2. The summed E-state index contributed by atoms with van der Waals surface area (Å²) in [4.78, 5) is 4.17. The molecule has 0 aliphatic heterocycles. The smallest absolute Gasteiger partial charge is 0.265 e. The Morgan fingerprint density at radius 3 is 2.95 bits per heavy atom. The van der Waals surface area contributed by atoms with Crippen LogP contribution in [0, 0.1) is 0 Å². The lowest BCUT2D eigenvalue weighted by Crippen LogP contribution is -2.16. The second-order valence-corrected chi connectivity index (χ2v) is 5.52. The van der Waals surface area contributed by atoms with Crippen LogP contribution in [0.1, 0.15) is 13.3 Å². The first kappa shape index (κ1) is 13.3. The molecule has 2 aromatic heterocycles. The number of sulfonamides is 1. The Bertz CT molecular complexity index is 624. The molecule has 0 saturated heterocycles. The van der Waals surface area contributed by atoms with Gasteiger partial charge in [-0.3, -0.25) is 9.82 Å². The lowest BCUT2D eigenvalue weighted by molar-refractivity contribution is 0.601. The molecule has 0 fully saturated rings. The molecule has 102 valence electrons. The Labute approximate surface area is 111 Å². The molecule has 0 aliphatic rings. The van der Waals surface area contributed by atoms with Gasteiger partial charge in [0.05, 0.1) is 11.9 Å². The van der Waals surface area contributed by atoms with Crippen molar-refractivity contribution in [3.8, 4) is 0 Å². The molecule has 2 aromatic rings. The van der Waals surface area contributed by atoms with Crippen molar-refractivity contribution in [2.45, 2.75) is 18.2 Å². The molecule has 0 amide bonds. The summed E-state index contributed by atoms with van der Waals surface area (Å²) in [5, 5.41) is 9.23. The summed E-state index contributed by atoms with van der Waals surface area (Å²) in [7, 11) is -3.68. The van der Waals surface area contributed by atoms with Crippen LogP contribution in [0.15, 0.2) is 35.6 Å². The predicted octanol–water partition coefficient (Wildman–Crippen LogP) is 1.43. The number of aromatic amines is 1. The van der Waals surface area contributed by atoms with Crippen molar-refractivity contribution in [3.05, 3.63) is 30.7 Å². The molecule has 0 atom stereocenters. The minimum Gasteiger partial charge on any atom is -0.369 e. The van der Waals surface area contributed by atoms with Gasteiger partial charge in [-0.25, -0.2) is 13.4 Å². The molecule has 2 heterocycles. The zero-order chi connectivity index (χ0) is 13.7. The number of hydrogen-bond donors (Lipinski definition) is 3. The highest BCUT2D eigenvalue weighted by molar-refractivity contribution is 7.92. The first-order valence-electron chi connectivity index (χ1n) is 5.84. The molecule has 0 unspecified atom stereocenters. The lowest BCUT2D eigenvalue weighted by Gasteiger charge is -2.11. The van der Waals surface area contributed by atoms with E-state index in [9.17, 15) is 8.42 Å². The fourth-order valence-electron chi connectivity index (χ4n) is 1.50. The molecule has 0 bridgehead atoms. The van der Waals surface area contributed by atoms with Gasteiger partial charge >= 0.3 is 0 Å². The van der Waals surface area contributed by atoms with Gasteiger partial charge in [-0.15, -0.1) is 0 Å². The first-order valence-corrected chi connectivity index (χ1v) is 7.32. The molecule has 19 heavy (non-hydrogen) atoms. The van der Waals surface area contributed by atoms with Gasteiger partial charge in [0.25, 0.3) is 10.0 Å². The predicted molar refractivity (Wildman–Crippen MR) is 72.4 cm³/mol. The van der Waals surface area contributed by atoms with Crippen LogP contribution in [0.5, 0.6) is 0 Å². The van der Waals surface area contributed by atoms with E-state index in [-0.39, 0.29) is 4.90 Å². The van der Waals surface area contributed by atoms with Crippen molar-refractivity contribution < 1.29 is 8.42 Å². The molecule has 7 nitrogen and oxygen atoms in total. The topological polar surface area (TPSA) is 99.8 Å². The Morgan fingerprint density at radius 2 is 2.26 bits per heavy atom. The van der Waals surface area contributed by atoms with Crippen LogP contribution in [0.25, 0.3) is 0 Å². The summed E-state index contributed by atoms with van der Waals surface area (Å²) in [6.07, 6.45) is 5.29. The van der Waals surface area contributed by atoms with Gasteiger partial charge in [0.15, 0.2) is 0 Å². The van der Waals surface area contributed by atoms with Crippen LogP contribution in [-0.2, 0) is 10.0 Å². The molecule has 0 saturated carbocycles. The quantitative estimate of drug-likeness (QED) is 0.743. The van der Waals surface area contributed by atoms with Crippen molar-refractivity contribution in [3.63, 3.8) is 0 Å². The Balaban J connectivity index is 2.29. The molecular formula is C11H15N5O2S. The number of H-pyrrole nitrogens is 1. The number of rotatable bonds is 6. The molecule has 2 rings (SSSR count). The SMILES string of the molecule is CCCNc1ncccc1S(=O)(=O)Nc1cn[nH]c1. The van der Waals surface area contributed by atoms with E-state index in [1.165, 1.54) is 18.5 Å². The van der Waals surface area contributed by atoms with E-state index in [0.717, 1.165) is 6.42 Å². The number of nitrogens with one attached hydrogen (secondary N) is 3. The van der Waals surface area contributed by atoms with E-state index in [1.54, 1.807) is 12.3 Å². The summed E-state index contributed by atoms with van der Waals surface area (Å²) in [6.45, 7) is 2.65. The van der Waals surface area contributed by atoms with Crippen LogP contribution < -0.4 is 10.0 Å². The van der Waals surface area contributed by atoms with Gasteiger partial charge in [-0.05, 0) is 18.6 Å². The van der Waals surface area contributed by atoms with Crippen molar-refractivity contribution in [1.29, 1.82) is 0 Å². The zero-order valence-electron chi connectivity index (χ0n) is 10.4. The normalized spacial score (nSPS) is 11.2. The summed E-state index contributed by atoms with van der Waals surface area (Å²) in [6, 6.07) is 3.09. The first-order chi connectivity index (χ1) is 9.13. The lowest BCUT2D eigenvalue weighted by atomic mass is 10.4. The minimum atomic E-state index is -3.68. The molecule has 0 aromatic carbocycles. The highest BCUT2D eigenvalue weighted by Gasteiger charge is 2.19. The van der Waals surface area contributed by atoms with Crippen molar-refractivity contribution in [2.75, 3.05) is 16.6 Å². The van der Waals surface area contributed by atoms with Crippen LogP contribution in [-0.4, -0.2) is 30.1 Å². The third-order valence-electron chi connectivity index (χ3n) is 2.35. The van der Waals surface area contributed by atoms with Crippen molar-refractivity contribution >= 4 is 21.5 Å². The van der Waals surface area contributed by atoms with E-state index in [4.69, 9.17) is 0 Å². The van der Waals surface area contributed by atoms with Gasteiger partial charge in [0.1, 0.15) is 10.7 Å². The third-order valence-corrected chi connectivity index (χ3v) is 3.77. The highest BCUT2D eigenvalue weighted by Crippen LogP contribution is 2.20. The second kappa shape index (κ2) is 5.70. The fraction of sp³-hybridized carbons (Fsp3) is 0.273. The van der Waals surface area contributed by atoms with Gasteiger partial charge in [-0.1, -0.05) is 6.92 Å². The average Bonchev–Trinajstić information content (AvgIpc) is 2.88. The third kappa shape index (κ3) is 3.22. The van der Waals surface area contributed by atoms with Gasteiger partial charge in [-0.2, -0.15) is 5.10 Å². The van der Waals surface area contributed by atoms with Crippen molar-refractivity contribution in [1.82, 2.24) is 15.2 Å². The number of aromatic nitrogens is 3. The van der Waals surface area contributed by atoms with Crippen LogP contribution in [0.4, 0.5) is 11.5 Å². The van der Waals surface area contributed by atoms with E-state index >= 15 is 0 Å². The van der Waals surface area contributed by atoms with Crippen molar-refractivity contribution in [2.24, 2.45) is 0 Å². The van der Waals surface area contributed by atoms with Gasteiger partial charge in [0, 0.05) is 18.9 Å². The maximum atomic E-state index is 12.3. The fourth-order valence-corrected chi connectivity index (χ4v) is 2.67. The Kier molecular flexibility index (Phi) is 4.00. The Morgan fingerprint density at radius 1 is 1.42 bits per heavy atom. The van der Waals surface area contributed by atoms with Gasteiger partial charge < -0.3 is 5.32 Å². The van der Waals surface area contributed by atoms with E-state index in [1.807, 2.05) is 6.92 Å². The molecule has 0 aliphatic carbocycles. The summed E-state index contributed by atoms with van der Waals surface area (Å²) in [5.74, 6) is 0.348. The molecule has 3 N–H and O–H groups in total. The zero-order valence-corrected chi connectivity index (χ0v) is 11.2. The monoisotopic (exact) mass is 281 g/mol. The summed E-state index contributed by atoms with van der Waals surface area (Å²) in [5.41, 5.74) is 0.380. The number of pyridine rings is 1. The Hall–Kier alpha value is -2.09.